The first kappa shape index (κ1) is 15.1. The van der Waals surface area contributed by atoms with Crippen LogP contribution >= 0.6 is 0 Å². The standard InChI is InChI=1S/C21H18N2O3/c1-24-18-9-4-3-8-15(18)21-23-17(14-7-2-5-10-19(14)26-21)13-16(22-23)20-11-6-12-25-20/h2-12,17,21H,13H2,1H3. The van der Waals surface area contributed by atoms with Gasteiger partial charge >= 0.3 is 0 Å². The van der Waals surface area contributed by atoms with Crippen LogP contribution in [0.1, 0.15) is 35.6 Å². The summed E-state index contributed by atoms with van der Waals surface area (Å²) in [7, 11) is 1.68. The molecule has 0 aliphatic carbocycles. The van der Waals surface area contributed by atoms with E-state index in [2.05, 4.69) is 6.07 Å². The second-order valence-electron chi connectivity index (χ2n) is 6.37. The molecule has 0 fully saturated rings. The molecule has 26 heavy (non-hydrogen) atoms. The highest BCUT2D eigenvalue weighted by Crippen LogP contribution is 2.48. The first-order valence-electron chi connectivity index (χ1n) is 8.63. The number of methoxy groups -OCH3 is 1. The Balaban J connectivity index is 1.63. The molecule has 2 aliphatic rings. The molecule has 3 aromatic rings. The number of furan rings is 1. The fourth-order valence-electron chi connectivity index (χ4n) is 3.70. The van der Waals surface area contributed by atoms with Gasteiger partial charge in [0, 0.05) is 12.0 Å². The van der Waals surface area contributed by atoms with E-state index < -0.39 is 0 Å². The van der Waals surface area contributed by atoms with Gasteiger partial charge in [0.2, 0.25) is 6.23 Å². The van der Waals surface area contributed by atoms with Gasteiger partial charge in [-0.15, -0.1) is 0 Å². The Morgan fingerprint density at radius 1 is 1.00 bits per heavy atom. The topological polar surface area (TPSA) is 47.2 Å². The number of nitrogens with zero attached hydrogens (tertiary/aromatic N) is 2. The van der Waals surface area contributed by atoms with E-state index in [4.69, 9.17) is 19.0 Å². The molecule has 5 rings (SSSR count). The van der Waals surface area contributed by atoms with Crippen LogP contribution in [-0.4, -0.2) is 17.8 Å². The molecule has 0 bridgehead atoms. The average Bonchev–Trinajstić information content (AvgIpc) is 3.37. The molecule has 2 unspecified atom stereocenters. The van der Waals surface area contributed by atoms with Crippen molar-refractivity contribution in [1.82, 2.24) is 5.01 Å². The average molecular weight is 346 g/mol. The van der Waals surface area contributed by atoms with E-state index in [0.29, 0.717) is 0 Å². The molecule has 2 aromatic carbocycles. The van der Waals surface area contributed by atoms with Crippen molar-refractivity contribution in [1.29, 1.82) is 0 Å². The number of benzene rings is 2. The van der Waals surface area contributed by atoms with E-state index in [1.807, 2.05) is 59.6 Å². The first-order valence-corrected chi connectivity index (χ1v) is 8.63. The molecular weight excluding hydrogens is 328 g/mol. The Morgan fingerprint density at radius 3 is 2.62 bits per heavy atom. The van der Waals surface area contributed by atoms with Crippen LogP contribution in [0.5, 0.6) is 11.5 Å². The van der Waals surface area contributed by atoms with E-state index in [9.17, 15) is 0 Å². The van der Waals surface area contributed by atoms with Gasteiger partial charge in [0.05, 0.1) is 25.0 Å². The van der Waals surface area contributed by atoms with Crippen LogP contribution in [0.15, 0.2) is 76.4 Å². The predicted octanol–water partition coefficient (Wildman–Crippen LogP) is 4.53. The molecule has 0 radical (unpaired) electrons. The van der Waals surface area contributed by atoms with Crippen LogP contribution in [0.4, 0.5) is 0 Å². The van der Waals surface area contributed by atoms with Crippen LogP contribution in [0.3, 0.4) is 0 Å². The molecule has 3 heterocycles. The molecule has 5 heteroatoms. The van der Waals surface area contributed by atoms with E-state index in [0.717, 1.165) is 40.5 Å². The van der Waals surface area contributed by atoms with Crippen LogP contribution in [0.25, 0.3) is 0 Å². The normalized spacial score (nSPS) is 20.8. The SMILES string of the molecule is COc1ccccc1C1Oc2ccccc2C2CC(c3ccco3)=NN21. The molecule has 2 aliphatic heterocycles. The zero-order chi connectivity index (χ0) is 17.5. The van der Waals surface area contributed by atoms with E-state index in [-0.39, 0.29) is 12.3 Å². The van der Waals surface area contributed by atoms with Crippen LogP contribution in [0.2, 0.25) is 0 Å². The maximum Gasteiger partial charge on any atom is 0.217 e. The van der Waals surface area contributed by atoms with Gasteiger partial charge in [-0.05, 0) is 30.3 Å². The lowest BCUT2D eigenvalue weighted by Gasteiger charge is -2.38. The molecule has 0 amide bonds. The third-order valence-corrected chi connectivity index (χ3v) is 4.91. The summed E-state index contributed by atoms with van der Waals surface area (Å²) >= 11 is 0. The molecule has 0 saturated carbocycles. The number of hydrogen-bond acceptors (Lipinski definition) is 5. The predicted molar refractivity (Wildman–Crippen MR) is 97.2 cm³/mol. The van der Waals surface area contributed by atoms with Crippen LogP contribution in [0, 0.1) is 0 Å². The molecule has 0 spiro atoms. The summed E-state index contributed by atoms with van der Waals surface area (Å²) < 4.78 is 17.5. The zero-order valence-corrected chi connectivity index (χ0v) is 14.3. The lowest BCUT2D eigenvalue weighted by molar-refractivity contribution is -0.0203. The Morgan fingerprint density at radius 2 is 1.81 bits per heavy atom. The monoisotopic (exact) mass is 346 g/mol. The van der Waals surface area contributed by atoms with Gasteiger partial charge in [-0.25, -0.2) is 5.01 Å². The summed E-state index contributed by atoms with van der Waals surface area (Å²) in [5.41, 5.74) is 3.03. The Kier molecular flexibility index (Phi) is 3.45. The minimum Gasteiger partial charge on any atom is -0.496 e. The number of ether oxygens (including phenoxy) is 2. The molecule has 130 valence electrons. The second kappa shape index (κ2) is 5.95. The van der Waals surface area contributed by atoms with Crippen LogP contribution < -0.4 is 9.47 Å². The van der Waals surface area contributed by atoms with Gasteiger partial charge < -0.3 is 13.9 Å². The fourth-order valence-corrected chi connectivity index (χ4v) is 3.70. The summed E-state index contributed by atoms with van der Waals surface area (Å²) in [4.78, 5) is 0. The number of hydrogen-bond donors (Lipinski definition) is 0. The first-order chi connectivity index (χ1) is 12.8. The van der Waals surface area contributed by atoms with Crippen molar-refractivity contribution in [3.05, 3.63) is 83.8 Å². The van der Waals surface area contributed by atoms with Crippen molar-refractivity contribution >= 4 is 5.71 Å². The highest BCUT2D eigenvalue weighted by atomic mass is 16.5. The van der Waals surface area contributed by atoms with Gasteiger partial charge in [-0.2, -0.15) is 5.10 Å². The second-order valence-corrected chi connectivity index (χ2v) is 6.37. The van der Waals surface area contributed by atoms with Crippen molar-refractivity contribution in [2.75, 3.05) is 7.11 Å². The van der Waals surface area contributed by atoms with E-state index in [1.54, 1.807) is 13.4 Å². The summed E-state index contributed by atoms with van der Waals surface area (Å²) in [5.74, 6) is 2.48. The van der Waals surface area contributed by atoms with E-state index >= 15 is 0 Å². The largest absolute Gasteiger partial charge is 0.496 e. The summed E-state index contributed by atoms with van der Waals surface area (Å²) in [6.07, 6.45) is 2.11. The van der Waals surface area contributed by atoms with Gasteiger partial charge in [0.25, 0.3) is 0 Å². The van der Waals surface area contributed by atoms with Gasteiger partial charge in [-0.1, -0.05) is 30.3 Å². The lowest BCUT2D eigenvalue weighted by Crippen LogP contribution is -2.33. The Hall–Kier alpha value is -3.21. The lowest BCUT2D eigenvalue weighted by atomic mass is 9.97. The number of hydrazone groups is 1. The van der Waals surface area contributed by atoms with Crippen molar-refractivity contribution < 1.29 is 13.9 Å². The molecule has 5 nitrogen and oxygen atoms in total. The molecule has 2 atom stereocenters. The summed E-state index contributed by atoms with van der Waals surface area (Å²) in [6, 6.07) is 20.0. The third kappa shape index (κ3) is 2.28. The van der Waals surface area contributed by atoms with Crippen LogP contribution in [-0.2, 0) is 0 Å². The van der Waals surface area contributed by atoms with Gasteiger partial charge in [0.1, 0.15) is 23.0 Å². The molecule has 0 N–H and O–H groups in total. The van der Waals surface area contributed by atoms with Gasteiger partial charge in [-0.3, -0.25) is 0 Å². The molecular formula is C21H18N2O3. The summed E-state index contributed by atoms with van der Waals surface area (Å²) in [5, 5.41) is 6.89. The Bertz CT molecular complexity index is 965. The minimum absolute atomic E-state index is 0.106. The van der Waals surface area contributed by atoms with Crippen molar-refractivity contribution in [3.63, 3.8) is 0 Å². The summed E-state index contributed by atoms with van der Waals surface area (Å²) in [6.45, 7) is 0. The molecule has 1 aromatic heterocycles. The van der Waals surface area contributed by atoms with Crippen molar-refractivity contribution in [2.24, 2.45) is 5.10 Å². The number of fused-ring (bicyclic) bond motifs is 3. The Labute approximate surface area is 151 Å². The van der Waals surface area contributed by atoms with Crippen molar-refractivity contribution in [2.45, 2.75) is 18.7 Å². The fraction of sp³-hybridized carbons (Fsp3) is 0.190. The quantitative estimate of drug-likeness (QED) is 0.699. The number of rotatable bonds is 3. The smallest absolute Gasteiger partial charge is 0.217 e. The number of para-hydroxylation sites is 2. The van der Waals surface area contributed by atoms with Crippen molar-refractivity contribution in [3.8, 4) is 11.5 Å². The maximum atomic E-state index is 6.35. The van der Waals surface area contributed by atoms with E-state index in [1.165, 1.54) is 0 Å². The minimum atomic E-state index is -0.349. The zero-order valence-electron chi connectivity index (χ0n) is 14.3. The highest BCUT2D eigenvalue weighted by Gasteiger charge is 2.42. The van der Waals surface area contributed by atoms with Gasteiger partial charge in [0.15, 0.2) is 0 Å². The molecule has 0 saturated heterocycles. The maximum absolute atomic E-state index is 6.35. The highest BCUT2D eigenvalue weighted by molar-refractivity contribution is 5.99. The third-order valence-electron chi connectivity index (χ3n) is 4.91.